The summed E-state index contributed by atoms with van der Waals surface area (Å²) in [5, 5.41) is 0.504. The molecule has 0 unspecified atom stereocenters. The van der Waals surface area contributed by atoms with Gasteiger partial charge in [0.05, 0.1) is 15.1 Å². The molecule has 1 aromatic heterocycles. The molecule has 30 heavy (non-hydrogen) atoms. The number of rotatable bonds is 7. The third-order valence-corrected chi connectivity index (χ3v) is 7.49. The maximum atomic E-state index is 13.0. The van der Waals surface area contributed by atoms with Crippen LogP contribution in [0.5, 0.6) is 0 Å². The van der Waals surface area contributed by atoms with Crippen LogP contribution < -0.4 is 4.90 Å². The number of thiazole rings is 1. The van der Waals surface area contributed by atoms with Crippen molar-refractivity contribution in [3.8, 4) is 0 Å². The molecule has 0 spiro atoms. The molecule has 0 saturated heterocycles. The molecule has 0 aliphatic rings. The summed E-state index contributed by atoms with van der Waals surface area (Å²) in [6.07, 6.45) is 0. The second-order valence-electron chi connectivity index (χ2n) is 7.03. The van der Waals surface area contributed by atoms with E-state index in [1.807, 2.05) is 44.1 Å². The van der Waals surface area contributed by atoms with E-state index in [0.717, 1.165) is 20.3 Å². The number of hydrogen-bond acceptors (Lipinski definition) is 6. The fraction of sp³-hybridized carbons (Fsp3) is 0.300. The summed E-state index contributed by atoms with van der Waals surface area (Å²) in [7, 11) is 0.0678. The molecule has 3 aromatic rings. The Morgan fingerprint density at radius 3 is 2.40 bits per heavy atom. The fourth-order valence-corrected chi connectivity index (χ4v) is 5.46. The van der Waals surface area contributed by atoms with E-state index in [9.17, 15) is 13.2 Å². The zero-order valence-corrected chi connectivity index (χ0v) is 20.9. The number of aromatic nitrogens is 1. The van der Waals surface area contributed by atoms with Crippen molar-refractivity contribution >= 4 is 70.8 Å². The number of hydrogen-bond donors (Lipinski definition) is 0. The van der Waals surface area contributed by atoms with E-state index in [2.05, 4.69) is 20.9 Å². The summed E-state index contributed by atoms with van der Waals surface area (Å²) in [5.74, 6) is -1.08. The number of fused-ring (bicyclic) bond motifs is 1. The number of anilines is 1. The van der Waals surface area contributed by atoms with E-state index in [1.54, 1.807) is 12.1 Å². The molecule has 0 radical (unpaired) electrons. The van der Waals surface area contributed by atoms with Gasteiger partial charge < -0.3 is 4.90 Å². The van der Waals surface area contributed by atoms with Crippen LogP contribution in [0.2, 0.25) is 0 Å². The minimum absolute atomic E-state index is 0. The van der Waals surface area contributed by atoms with Crippen LogP contribution in [-0.2, 0) is 14.6 Å². The lowest BCUT2D eigenvalue weighted by Gasteiger charge is -2.22. The molecule has 0 bridgehead atoms. The molecule has 0 aliphatic heterocycles. The van der Waals surface area contributed by atoms with Crippen molar-refractivity contribution in [1.29, 1.82) is 0 Å². The molecular weight excluding hydrogens is 510 g/mol. The standard InChI is InChI=1S/C20H22BrN3O3S2.ClH/c1-14-4-7-16(8-5-14)29(26,27)13-19(25)24(11-10-23(2)3)20-22-17-9-6-15(21)12-18(17)28-20;/h4-9,12H,10-11,13H2,1-3H3;1H. The monoisotopic (exact) mass is 531 g/mol. The van der Waals surface area contributed by atoms with Gasteiger partial charge in [-0.05, 0) is 51.4 Å². The summed E-state index contributed by atoms with van der Waals surface area (Å²) in [5.41, 5.74) is 1.74. The van der Waals surface area contributed by atoms with Crippen LogP contribution in [0.4, 0.5) is 5.13 Å². The van der Waals surface area contributed by atoms with Crippen LogP contribution in [0, 0.1) is 6.92 Å². The quantitative estimate of drug-likeness (QED) is 0.457. The Morgan fingerprint density at radius 1 is 1.10 bits per heavy atom. The highest BCUT2D eigenvalue weighted by Gasteiger charge is 2.26. The highest BCUT2D eigenvalue weighted by atomic mass is 79.9. The highest BCUT2D eigenvalue weighted by molar-refractivity contribution is 9.10. The Balaban J connectivity index is 0.00000320. The minimum atomic E-state index is -3.74. The molecule has 2 aromatic carbocycles. The number of carbonyl (C=O) groups excluding carboxylic acids is 1. The van der Waals surface area contributed by atoms with Crippen molar-refractivity contribution < 1.29 is 13.2 Å². The Kier molecular flexibility index (Phi) is 8.41. The molecule has 0 fully saturated rings. The Bertz CT molecular complexity index is 1130. The highest BCUT2D eigenvalue weighted by Crippen LogP contribution is 2.31. The van der Waals surface area contributed by atoms with Crippen molar-refractivity contribution in [3.05, 3.63) is 52.5 Å². The van der Waals surface area contributed by atoms with Crippen molar-refractivity contribution in [1.82, 2.24) is 9.88 Å². The Labute approximate surface area is 195 Å². The second kappa shape index (κ2) is 10.2. The first-order valence-corrected chi connectivity index (χ1v) is 12.2. The zero-order chi connectivity index (χ0) is 21.2. The normalized spacial score (nSPS) is 11.5. The molecule has 1 amide bonds. The lowest BCUT2D eigenvalue weighted by molar-refractivity contribution is -0.116. The number of nitrogens with zero attached hydrogens (tertiary/aromatic N) is 3. The molecule has 6 nitrogen and oxygen atoms in total. The Morgan fingerprint density at radius 2 is 1.77 bits per heavy atom. The average Bonchev–Trinajstić information content (AvgIpc) is 3.04. The van der Waals surface area contributed by atoms with Gasteiger partial charge in [0.1, 0.15) is 5.75 Å². The number of likely N-dealkylation sites (N-methyl/N-ethyl adjacent to an activating group) is 1. The van der Waals surface area contributed by atoms with Crippen molar-refractivity contribution in [2.45, 2.75) is 11.8 Å². The second-order valence-corrected chi connectivity index (χ2v) is 10.9. The van der Waals surface area contributed by atoms with Gasteiger partial charge in [-0.1, -0.05) is 45.0 Å². The third-order valence-electron chi connectivity index (χ3n) is 4.34. The fourth-order valence-electron chi connectivity index (χ4n) is 2.70. The molecule has 3 rings (SSSR count). The molecule has 0 aliphatic carbocycles. The topological polar surface area (TPSA) is 70.6 Å². The zero-order valence-electron chi connectivity index (χ0n) is 16.8. The SMILES string of the molecule is Cc1ccc(S(=O)(=O)CC(=O)N(CCN(C)C)c2nc3ccc(Br)cc3s2)cc1.Cl. The summed E-state index contributed by atoms with van der Waals surface area (Å²) in [4.78, 5) is 21.2. The van der Waals surface area contributed by atoms with E-state index >= 15 is 0 Å². The summed E-state index contributed by atoms with van der Waals surface area (Å²) >= 11 is 4.81. The lowest BCUT2D eigenvalue weighted by Crippen LogP contribution is -2.40. The van der Waals surface area contributed by atoms with Gasteiger partial charge in [-0.25, -0.2) is 13.4 Å². The minimum Gasteiger partial charge on any atom is -0.308 e. The molecule has 0 atom stereocenters. The van der Waals surface area contributed by atoms with E-state index in [0.29, 0.717) is 18.2 Å². The maximum Gasteiger partial charge on any atom is 0.244 e. The molecule has 1 heterocycles. The van der Waals surface area contributed by atoms with Crippen LogP contribution in [-0.4, -0.2) is 57.1 Å². The number of amides is 1. The first-order chi connectivity index (χ1) is 13.7. The van der Waals surface area contributed by atoms with Gasteiger partial charge in [0.2, 0.25) is 5.91 Å². The van der Waals surface area contributed by atoms with Gasteiger partial charge in [-0.2, -0.15) is 0 Å². The molecule has 0 N–H and O–H groups in total. The van der Waals surface area contributed by atoms with Crippen LogP contribution in [0.3, 0.4) is 0 Å². The number of sulfone groups is 1. The smallest absolute Gasteiger partial charge is 0.244 e. The van der Waals surface area contributed by atoms with Gasteiger partial charge >= 0.3 is 0 Å². The van der Waals surface area contributed by atoms with Gasteiger partial charge in [-0.3, -0.25) is 9.69 Å². The average molecular weight is 533 g/mol. The van der Waals surface area contributed by atoms with Crippen LogP contribution in [0.1, 0.15) is 5.56 Å². The van der Waals surface area contributed by atoms with Gasteiger partial charge in [0, 0.05) is 17.6 Å². The first-order valence-electron chi connectivity index (χ1n) is 8.96. The van der Waals surface area contributed by atoms with E-state index in [4.69, 9.17) is 0 Å². The van der Waals surface area contributed by atoms with E-state index in [-0.39, 0.29) is 17.3 Å². The van der Waals surface area contributed by atoms with E-state index in [1.165, 1.54) is 28.4 Å². The number of aryl methyl sites for hydroxylation is 1. The first kappa shape index (κ1) is 24.7. The van der Waals surface area contributed by atoms with Gasteiger partial charge in [0.25, 0.3) is 0 Å². The Hall–Kier alpha value is -1.52. The predicted molar refractivity (Wildman–Crippen MR) is 129 cm³/mol. The molecular formula is C20H23BrClN3O3S2. The summed E-state index contributed by atoms with van der Waals surface area (Å²) in [6.45, 7) is 2.84. The van der Waals surface area contributed by atoms with Crippen LogP contribution in [0.15, 0.2) is 51.8 Å². The van der Waals surface area contributed by atoms with E-state index < -0.39 is 21.5 Å². The predicted octanol–water partition coefficient (Wildman–Crippen LogP) is 4.16. The number of benzene rings is 2. The summed E-state index contributed by atoms with van der Waals surface area (Å²) in [6, 6.07) is 12.2. The van der Waals surface area contributed by atoms with Crippen molar-refractivity contribution in [2.75, 3.05) is 37.8 Å². The lowest BCUT2D eigenvalue weighted by atomic mass is 10.2. The van der Waals surface area contributed by atoms with Gasteiger partial charge in [-0.15, -0.1) is 12.4 Å². The third kappa shape index (κ3) is 6.01. The van der Waals surface area contributed by atoms with Crippen molar-refractivity contribution in [2.24, 2.45) is 0 Å². The van der Waals surface area contributed by atoms with Crippen LogP contribution in [0.25, 0.3) is 10.2 Å². The largest absolute Gasteiger partial charge is 0.308 e. The van der Waals surface area contributed by atoms with Crippen LogP contribution >= 0.6 is 39.7 Å². The summed E-state index contributed by atoms with van der Waals surface area (Å²) < 4.78 is 27.4. The molecule has 10 heteroatoms. The number of halogens is 2. The number of carbonyl (C=O) groups is 1. The molecule has 162 valence electrons. The maximum absolute atomic E-state index is 13.0. The molecule has 0 saturated carbocycles. The van der Waals surface area contributed by atoms with Gasteiger partial charge in [0.15, 0.2) is 15.0 Å². The van der Waals surface area contributed by atoms with Crippen molar-refractivity contribution in [3.63, 3.8) is 0 Å².